The van der Waals surface area contributed by atoms with Crippen molar-refractivity contribution in [2.24, 2.45) is 16.3 Å². The van der Waals surface area contributed by atoms with Crippen LogP contribution in [0, 0.1) is 22.7 Å². The average Bonchev–Trinajstić information content (AvgIpc) is 3.31. The second-order valence-corrected chi connectivity index (χ2v) is 10.5. The fraction of sp³-hybridized carbons (Fsp3) is 0.333. The molecule has 6 heteroatoms. The summed E-state index contributed by atoms with van der Waals surface area (Å²) in [5.74, 6) is 1.86. The fourth-order valence-electron chi connectivity index (χ4n) is 3.90. The molecule has 1 aromatic carbocycles. The standard InChI is InChI=1S/C24H22Cl2N2OS/c1-24(2,3)14-7-9-16-18(12-27)23(30-21(16)11-14)28-13-15-8-10-20(29-15)17-5-4-6-19(25)22(17)26/h4-6,8,10,13-14H,7,9,11H2,1-3H3/t14-/m0/s1. The van der Waals surface area contributed by atoms with E-state index in [0.29, 0.717) is 33.0 Å². The van der Waals surface area contributed by atoms with Crippen LogP contribution in [0.25, 0.3) is 11.3 Å². The van der Waals surface area contributed by atoms with Crippen LogP contribution in [0.1, 0.15) is 49.0 Å². The van der Waals surface area contributed by atoms with Gasteiger partial charge in [0.15, 0.2) is 0 Å². The number of nitrogens with zero attached hydrogens (tertiary/aromatic N) is 2. The van der Waals surface area contributed by atoms with Crippen molar-refractivity contribution in [2.75, 3.05) is 0 Å². The van der Waals surface area contributed by atoms with Gasteiger partial charge in [0, 0.05) is 10.4 Å². The lowest BCUT2D eigenvalue weighted by Crippen LogP contribution is -2.26. The van der Waals surface area contributed by atoms with Crippen LogP contribution in [-0.2, 0) is 12.8 Å². The van der Waals surface area contributed by atoms with E-state index < -0.39 is 0 Å². The van der Waals surface area contributed by atoms with Crippen molar-refractivity contribution < 1.29 is 4.42 Å². The molecule has 0 fully saturated rings. The Bertz CT molecular complexity index is 1160. The molecular weight excluding hydrogens is 435 g/mol. The Labute approximate surface area is 191 Å². The van der Waals surface area contributed by atoms with Gasteiger partial charge in [-0.1, -0.05) is 50.0 Å². The number of thiophene rings is 1. The normalized spacial score (nSPS) is 16.6. The first-order valence-corrected chi connectivity index (χ1v) is 11.5. The van der Waals surface area contributed by atoms with Gasteiger partial charge in [-0.3, -0.25) is 0 Å². The molecule has 2 aromatic heterocycles. The summed E-state index contributed by atoms with van der Waals surface area (Å²) in [6.07, 6.45) is 4.75. The van der Waals surface area contributed by atoms with Crippen molar-refractivity contribution in [3.8, 4) is 17.4 Å². The lowest BCUT2D eigenvalue weighted by atomic mass is 9.72. The Morgan fingerprint density at radius 2 is 2.03 bits per heavy atom. The van der Waals surface area contributed by atoms with E-state index in [1.54, 1.807) is 23.6 Å². The van der Waals surface area contributed by atoms with Gasteiger partial charge in [-0.2, -0.15) is 5.26 Å². The molecule has 3 aromatic rings. The van der Waals surface area contributed by atoms with Gasteiger partial charge in [0.05, 0.1) is 21.8 Å². The van der Waals surface area contributed by atoms with Crippen LogP contribution in [0.15, 0.2) is 39.7 Å². The number of hydrogen-bond donors (Lipinski definition) is 0. The fourth-order valence-corrected chi connectivity index (χ4v) is 5.52. The third-order valence-corrected chi connectivity index (χ3v) is 7.72. The van der Waals surface area contributed by atoms with Crippen molar-refractivity contribution in [3.05, 3.63) is 62.1 Å². The molecule has 0 aliphatic heterocycles. The predicted octanol–water partition coefficient (Wildman–Crippen LogP) is 8.09. The summed E-state index contributed by atoms with van der Waals surface area (Å²) in [7, 11) is 0. The molecule has 4 rings (SSSR count). The summed E-state index contributed by atoms with van der Waals surface area (Å²) in [6.45, 7) is 6.88. The average molecular weight is 457 g/mol. The Morgan fingerprint density at radius 1 is 1.23 bits per heavy atom. The minimum absolute atomic E-state index is 0.268. The number of hydrogen-bond acceptors (Lipinski definition) is 4. The third kappa shape index (κ3) is 4.07. The van der Waals surface area contributed by atoms with Crippen molar-refractivity contribution in [2.45, 2.75) is 40.0 Å². The van der Waals surface area contributed by atoms with Crippen LogP contribution in [0.5, 0.6) is 0 Å². The molecule has 0 saturated heterocycles. The van der Waals surface area contributed by atoms with E-state index in [9.17, 15) is 5.26 Å². The number of rotatable bonds is 3. The molecule has 0 spiro atoms. The van der Waals surface area contributed by atoms with Crippen molar-refractivity contribution in [3.63, 3.8) is 0 Å². The molecule has 0 saturated carbocycles. The lowest BCUT2D eigenvalue weighted by molar-refractivity contribution is 0.218. The number of aliphatic imine (C=N–C) groups is 1. The quantitative estimate of drug-likeness (QED) is 0.373. The second kappa shape index (κ2) is 8.23. The van der Waals surface area contributed by atoms with Crippen LogP contribution in [0.4, 0.5) is 5.00 Å². The van der Waals surface area contributed by atoms with Crippen molar-refractivity contribution in [1.82, 2.24) is 0 Å². The smallest absolute Gasteiger partial charge is 0.145 e. The van der Waals surface area contributed by atoms with Gasteiger partial charge < -0.3 is 4.42 Å². The number of benzene rings is 1. The largest absolute Gasteiger partial charge is 0.455 e. The van der Waals surface area contributed by atoms with Crippen LogP contribution >= 0.6 is 34.5 Å². The molecule has 1 aliphatic rings. The summed E-state index contributed by atoms with van der Waals surface area (Å²) < 4.78 is 5.89. The van der Waals surface area contributed by atoms with E-state index >= 15 is 0 Å². The first kappa shape index (κ1) is 21.2. The van der Waals surface area contributed by atoms with Crippen LogP contribution in [-0.4, -0.2) is 6.21 Å². The van der Waals surface area contributed by atoms with E-state index in [4.69, 9.17) is 27.6 Å². The number of nitriles is 1. The maximum Gasteiger partial charge on any atom is 0.145 e. The Balaban J connectivity index is 1.60. The summed E-state index contributed by atoms with van der Waals surface area (Å²) in [5, 5.41) is 11.4. The van der Waals surface area contributed by atoms with Gasteiger partial charge in [0.1, 0.15) is 22.6 Å². The molecule has 0 bridgehead atoms. The zero-order chi connectivity index (χ0) is 21.5. The molecule has 30 heavy (non-hydrogen) atoms. The summed E-state index contributed by atoms with van der Waals surface area (Å²) in [4.78, 5) is 5.91. The van der Waals surface area contributed by atoms with Gasteiger partial charge in [0.2, 0.25) is 0 Å². The van der Waals surface area contributed by atoms with E-state index in [2.05, 4.69) is 31.8 Å². The van der Waals surface area contributed by atoms with E-state index in [-0.39, 0.29) is 5.41 Å². The highest BCUT2D eigenvalue weighted by atomic mass is 35.5. The first-order valence-electron chi connectivity index (χ1n) is 9.91. The van der Waals surface area contributed by atoms with Crippen molar-refractivity contribution >= 4 is 45.8 Å². The summed E-state index contributed by atoms with van der Waals surface area (Å²) in [5.41, 5.74) is 2.90. The molecule has 2 heterocycles. The minimum atomic E-state index is 0.268. The molecule has 154 valence electrons. The number of fused-ring (bicyclic) bond motifs is 1. The van der Waals surface area contributed by atoms with E-state index in [1.165, 1.54) is 10.4 Å². The van der Waals surface area contributed by atoms with Gasteiger partial charge in [-0.15, -0.1) is 11.3 Å². The summed E-state index contributed by atoms with van der Waals surface area (Å²) >= 11 is 14.0. The van der Waals surface area contributed by atoms with Gasteiger partial charge in [-0.05, 0) is 60.4 Å². The SMILES string of the molecule is CC(C)(C)[C@H]1CCc2c(sc(N=Cc3ccc(-c4cccc(Cl)c4Cl)o3)c2C#N)C1. The molecule has 0 N–H and O–H groups in total. The van der Waals surface area contributed by atoms with Crippen LogP contribution in [0.3, 0.4) is 0 Å². The topological polar surface area (TPSA) is 49.3 Å². The molecular formula is C24H22Cl2N2OS. The highest BCUT2D eigenvalue weighted by Gasteiger charge is 2.32. The third-order valence-electron chi connectivity index (χ3n) is 5.74. The maximum absolute atomic E-state index is 9.73. The van der Waals surface area contributed by atoms with Crippen LogP contribution < -0.4 is 0 Å². The Hall–Kier alpha value is -2.06. The lowest BCUT2D eigenvalue weighted by Gasteiger charge is -2.33. The molecule has 3 nitrogen and oxygen atoms in total. The van der Waals surface area contributed by atoms with E-state index in [1.807, 2.05) is 24.3 Å². The minimum Gasteiger partial charge on any atom is -0.455 e. The highest BCUT2D eigenvalue weighted by Crippen LogP contribution is 2.45. The monoisotopic (exact) mass is 456 g/mol. The van der Waals surface area contributed by atoms with E-state index in [0.717, 1.165) is 29.8 Å². The Morgan fingerprint density at radius 3 is 2.77 bits per heavy atom. The number of halogens is 2. The molecule has 0 radical (unpaired) electrons. The number of furan rings is 1. The zero-order valence-corrected chi connectivity index (χ0v) is 19.5. The predicted molar refractivity (Wildman–Crippen MR) is 125 cm³/mol. The molecule has 1 aliphatic carbocycles. The maximum atomic E-state index is 9.73. The van der Waals surface area contributed by atoms with Crippen LogP contribution in [0.2, 0.25) is 10.0 Å². The second-order valence-electron chi connectivity index (χ2n) is 8.66. The Kier molecular flexibility index (Phi) is 5.81. The molecule has 0 unspecified atom stereocenters. The summed E-state index contributed by atoms with van der Waals surface area (Å²) in [6, 6.07) is 11.5. The highest BCUT2D eigenvalue weighted by molar-refractivity contribution is 7.16. The first-order chi connectivity index (χ1) is 14.3. The van der Waals surface area contributed by atoms with Gasteiger partial charge in [0.25, 0.3) is 0 Å². The zero-order valence-electron chi connectivity index (χ0n) is 17.1. The van der Waals surface area contributed by atoms with Gasteiger partial charge in [-0.25, -0.2) is 4.99 Å². The van der Waals surface area contributed by atoms with Gasteiger partial charge >= 0.3 is 0 Å². The molecule has 1 atom stereocenters. The molecule has 0 amide bonds. The van der Waals surface area contributed by atoms with Crippen molar-refractivity contribution in [1.29, 1.82) is 5.26 Å².